The van der Waals surface area contributed by atoms with Gasteiger partial charge in [-0.15, -0.1) is 0 Å². The average molecular weight is 735 g/mol. The van der Waals surface area contributed by atoms with E-state index in [0.29, 0.717) is 30.7 Å². The van der Waals surface area contributed by atoms with E-state index >= 15 is 0 Å². The summed E-state index contributed by atoms with van der Waals surface area (Å²) in [4.78, 5) is 45.0. The Hall–Kier alpha value is -4.00. The van der Waals surface area contributed by atoms with Crippen LogP contribution in [0.1, 0.15) is 68.8 Å². The van der Waals surface area contributed by atoms with Gasteiger partial charge in [0.15, 0.2) is 23.2 Å². The van der Waals surface area contributed by atoms with E-state index in [1.54, 1.807) is 31.2 Å². The predicted octanol–water partition coefficient (Wildman–Crippen LogP) is 4.60. The molecule has 1 aliphatic heterocycles. The number of quaternary nitrogens is 2. The lowest BCUT2D eigenvalue weighted by Crippen LogP contribution is -2.61. The van der Waals surface area contributed by atoms with E-state index in [1.807, 2.05) is 0 Å². The molecule has 0 aliphatic carbocycles. The summed E-state index contributed by atoms with van der Waals surface area (Å²) in [7, 11) is -0.397. The maximum absolute atomic E-state index is 14.7. The third kappa shape index (κ3) is 8.30. The van der Waals surface area contributed by atoms with Gasteiger partial charge in [0.1, 0.15) is 35.0 Å². The first kappa shape index (κ1) is 38.8. The average Bonchev–Trinajstić information content (AvgIpc) is 3.67. The number of methoxy groups -OCH3 is 1. The van der Waals surface area contributed by atoms with Crippen LogP contribution in [-0.4, -0.2) is 93.6 Å². The van der Waals surface area contributed by atoms with Crippen LogP contribution in [-0.2, 0) is 30.9 Å². The molecule has 2 unspecified atom stereocenters. The number of likely N-dealkylation sites (tertiary alicyclic amines) is 1. The van der Waals surface area contributed by atoms with Crippen LogP contribution < -0.4 is 13.9 Å². The number of aromatic nitrogens is 2. The molecule has 1 saturated heterocycles. The first-order valence-electron chi connectivity index (χ1n) is 16.2. The van der Waals surface area contributed by atoms with Crippen molar-refractivity contribution in [2.75, 3.05) is 33.1 Å². The van der Waals surface area contributed by atoms with Crippen molar-refractivity contribution >= 4 is 50.8 Å². The number of carbonyl (C=O) groups is 3. The lowest BCUT2D eigenvalue weighted by molar-refractivity contribution is -0.795. The Bertz CT molecular complexity index is 1830. The molecule has 0 saturated carbocycles. The normalized spacial score (nSPS) is 20.5. The summed E-state index contributed by atoms with van der Waals surface area (Å²) in [5.74, 6) is -0.803. The summed E-state index contributed by atoms with van der Waals surface area (Å²) in [5.41, 5.74) is 0.228. The number of rotatable bonds is 14. The van der Waals surface area contributed by atoms with Gasteiger partial charge in [0.25, 0.3) is 16.0 Å². The van der Waals surface area contributed by atoms with Gasteiger partial charge in [0.05, 0.1) is 33.1 Å². The van der Waals surface area contributed by atoms with Crippen molar-refractivity contribution in [3.05, 3.63) is 66.6 Å². The molecule has 0 radical (unpaired) electrons. The Morgan fingerprint density at radius 3 is 2.44 bits per heavy atom. The number of amides is 3. The minimum absolute atomic E-state index is 0.0171. The van der Waals surface area contributed by atoms with E-state index < -0.39 is 66.9 Å². The van der Waals surface area contributed by atoms with E-state index in [9.17, 15) is 36.1 Å². The molecule has 2 heterocycles. The summed E-state index contributed by atoms with van der Waals surface area (Å²) >= 11 is -2.41. The van der Waals surface area contributed by atoms with Crippen molar-refractivity contribution in [1.29, 1.82) is 0 Å². The highest BCUT2D eigenvalue weighted by molar-refractivity contribution is 7.86. The fraction of sp³-hybridized carbons (Fsp3) is 0.455. The molecule has 2 aromatic carbocycles. The summed E-state index contributed by atoms with van der Waals surface area (Å²) in [6.07, 6.45) is 5.63. The quantitative estimate of drug-likeness (QED) is 0.102. The first-order valence-corrected chi connectivity index (χ1v) is 18.7. The number of imide groups is 1. The van der Waals surface area contributed by atoms with Crippen LogP contribution in [0.3, 0.4) is 0 Å². The minimum atomic E-state index is -4.68. The van der Waals surface area contributed by atoms with Crippen molar-refractivity contribution in [3.8, 4) is 5.75 Å². The largest absolute Gasteiger partial charge is 0.724 e. The van der Waals surface area contributed by atoms with Gasteiger partial charge in [-0.1, -0.05) is 44.7 Å². The number of benzene rings is 2. The maximum atomic E-state index is 14.7. The van der Waals surface area contributed by atoms with Gasteiger partial charge in [-0.05, 0) is 37.6 Å². The van der Waals surface area contributed by atoms with Gasteiger partial charge in [-0.25, -0.2) is 17.9 Å². The molecule has 1 fully saturated rings. The van der Waals surface area contributed by atoms with E-state index in [0.717, 1.165) is 25.3 Å². The standard InChI is InChI=1S/C33H43N5O10S2/c1-6-7-8-9-13-28(36-20-30(34-22-36)35-31(39)27-12-10-11-14-29(27)50(44,45)46)32(40)38(33(41)47-5)21-26(19-23(38)2)48-25-17-15-24(16-18-25)37(3,4)49(42)43/h10-12,14-18,20,22-23,26,28H,6-9,13,19,21H2,1-5H3,(H-2,35,39,42,43,44,45,46)/p+1/t23-,26+,28?,38-/m1/s1. The smallest absolute Gasteiger partial charge is 0.523 e. The fourth-order valence-corrected chi connectivity index (χ4v) is 7.25. The predicted molar refractivity (Wildman–Crippen MR) is 184 cm³/mol. The van der Waals surface area contributed by atoms with E-state index in [2.05, 4.69) is 17.2 Å². The molecule has 0 spiro atoms. The van der Waals surface area contributed by atoms with E-state index in [4.69, 9.17) is 9.47 Å². The third-order valence-corrected chi connectivity index (χ3v) is 11.0. The number of anilines is 1. The number of carbonyl (C=O) groups excluding carboxylic acids is 3. The van der Waals surface area contributed by atoms with E-state index in [-0.39, 0.29) is 21.8 Å². The zero-order valence-electron chi connectivity index (χ0n) is 28.7. The Balaban J connectivity index is 1.61. The number of nitrogens with zero attached hydrogens (tertiary/aromatic N) is 4. The molecular formula is C33H44N5O10S2+. The second kappa shape index (κ2) is 15.9. The van der Waals surface area contributed by atoms with Crippen molar-refractivity contribution in [3.63, 3.8) is 0 Å². The SMILES string of the molecule is CCCCCCC(C(=O)[N@@+]1(C(=O)OC)C[C@@H](Oc2ccc([N+](C)(C)S(=O)[O-])cc2)C[C@H]1C)n1cnc(NC(=O)c2ccccc2S(=O)(=O)O)c1. The van der Waals surface area contributed by atoms with Gasteiger partial charge in [-0.3, -0.25) is 9.35 Å². The molecular weight excluding hydrogens is 691 g/mol. The highest BCUT2D eigenvalue weighted by Gasteiger charge is 2.60. The number of unbranched alkanes of at least 4 members (excludes halogenated alkanes) is 3. The van der Waals surface area contributed by atoms with Crippen LogP contribution in [0.15, 0.2) is 66.0 Å². The van der Waals surface area contributed by atoms with Crippen molar-refractivity contribution in [1.82, 2.24) is 13.4 Å². The molecule has 3 amide bonds. The lowest BCUT2D eigenvalue weighted by atomic mass is 10.0. The first-order chi connectivity index (χ1) is 23.6. The topological polar surface area (TPSA) is 194 Å². The lowest BCUT2D eigenvalue weighted by Gasteiger charge is -2.34. The number of ether oxygens (including phenoxy) is 2. The molecule has 3 aromatic rings. The zero-order chi connectivity index (χ0) is 36.9. The second-order valence-corrected chi connectivity index (χ2v) is 15.5. The van der Waals surface area contributed by atoms with Crippen LogP contribution >= 0.6 is 0 Å². The molecule has 50 heavy (non-hydrogen) atoms. The molecule has 4 rings (SSSR count). The zero-order valence-corrected chi connectivity index (χ0v) is 30.3. The number of hydrogen-bond donors (Lipinski definition) is 2. The number of nitrogens with one attached hydrogen (secondary N) is 1. The maximum Gasteiger partial charge on any atom is 0.523 e. The van der Waals surface area contributed by atoms with Crippen LogP contribution in [0.4, 0.5) is 16.3 Å². The van der Waals surface area contributed by atoms with Crippen molar-refractivity contribution < 1.29 is 50.1 Å². The van der Waals surface area contributed by atoms with Crippen LogP contribution in [0.5, 0.6) is 5.75 Å². The Morgan fingerprint density at radius 2 is 1.82 bits per heavy atom. The van der Waals surface area contributed by atoms with Crippen LogP contribution in [0.25, 0.3) is 0 Å². The van der Waals surface area contributed by atoms with Gasteiger partial charge < -0.3 is 23.9 Å². The Labute approximate surface area is 294 Å². The van der Waals surface area contributed by atoms with Gasteiger partial charge in [-0.2, -0.15) is 17.7 Å². The monoisotopic (exact) mass is 734 g/mol. The highest BCUT2D eigenvalue weighted by Crippen LogP contribution is 2.37. The molecule has 1 aromatic heterocycles. The second-order valence-electron chi connectivity index (χ2n) is 12.7. The Kier molecular flexibility index (Phi) is 12.3. The molecule has 272 valence electrons. The summed E-state index contributed by atoms with van der Waals surface area (Å²) < 4.78 is 68.5. The summed E-state index contributed by atoms with van der Waals surface area (Å²) in [5, 5.41) is 2.53. The third-order valence-electron chi connectivity index (χ3n) is 9.10. The molecule has 1 aliphatic rings. The molecule has 15 nitrogen and oxygen atoms in total. The van der Waals surface area contributed by atoms with Gasteiger partial charge >= 0.3 is 12.0 Å². The number of hydrogen-bond acceptors (Lipinski definition) is 10. The van der Waals surface area contributed by atoms with Crippen molar-refractivity contribution in [2.24, 2.45) is 0 Å². The molecule has 17 heteroatoms. The molecule has 0 bridgehead atoms. The highest BCUT2D eigenvalue weighted by atomic mass is 32.2. The fourth-order valence-electron chi connectivity index (χ4n) is 6.26. The summed E-state index contributed by atoms with van der Waals surface area (Å²) in [6, 6.07) is 10.3. The van der Waals surface area contributed by atoms with Gasteiger partial charge in [0.2, 0.25) is 0 Å². The molecule has 5 atom stereocenters. The minimum Gasteiger partial charge on any atom is -0.724 e. The van der Waals surface area contributed by atoms with E-state index in [1.165, 1.54) is 56.5 Å². The van der Waals surface area contributed by atoms with Gasteiger partial charge in [0, 0.05) is 24.8 Å². The summed E-state index contributed by atoms with van der Waals surface area (Å²) in [6.45, 7) is 3.83. The van der Waals surface area contributed by atoms with Crippen LogP contribution in [0.2, 0.25) is 0 Å². The Morgan fingerprint density at radius 1 is 1.14 bits per heavy atom. The molecule has 2 N–H and O–H groups in total. The number of imidazole rings is 1. The van der Waals surface area contributed by atoms with Crippen molar-refractivity contribution in [2.45, 2.75) is 75.5 Å². The van der Waals surface area contributed by atoms with Crippen LogP contribution in [0, 0.1) is 0 Å².